The number of nitrogens with one attached hydrogen (secondary N) is 2. The maximum Gasteiger partial charge on any atom is 0.252 e. The number of hydrogen-bond donors (Lipinski definition) is 2. The SMILES string of the molecule is COc1cc(C(=O)NC(C(=O)Nc2cnc3c(c2)c(C)nn3C)C(C)C)cc(OC)c1OC. The van der Waals surface area contributed by atoms with Crippen LogP contribution in [0.25, 0.3) is 11.0 Å². The Hall–Kier alpha value is -3.82. The number of aryl methyl sites for hydroxylation is 2. The van der Waals surface area contributed by atoms with Gasteiger partial charge in [-0.3, -0.25) is 14.3 Å². The predicted molar refractivity (Wildman–Crippen MR) is 124 cm³/mol. The molecule has 176 valence electrons. The van der Waals surface area contributed by atoms with Crippen molar-refractivity contribution in [2.45, 2.75) is 26.8 Å². The minimum atomic E-state index is -0.790. The summed E-state index contributed by atoms with van der Waals surface area (Å²) in [5.41, 5.74) is 2.34. The van der Waals surface area contributed by atoms with Gasteiger partial charge in [0.2, 0.25) is 11.7 Å². The molecule has 1 atom stereocenters. The van der Waals surface area contributed by atoms with Crippen LogP contribution in [0.4, 0.5) is 5.69 Å². The van der Waals surface area contributed by atoms with E-state index in [1.54, 1.807) is 10.9 Å². The van der Waals surface area contributed by atoms with Crippen molar-refractivity contribution in [3.63, 3.8) is 0 Å². The van der Waals surface area contributed by atoms with E-state index < -0.39 is 11.9 Å². The van der Waals surface area contributed by atoms with Crippen molar-refractivity contribution < 1.29 is 23.8 Å². The number of benzene rings is 1. The van der Waals surface area contributed by atoms with Crippen LogP contribution >= 0.6 is 0 Å². The molecule has 0 aliphatic rings. The Kier molecular flexibility index (Phi) is 7.05. The molecule has 1 aromatic carbocycles. The lowest BCUT2D eigenvalue weighted by Gasteiger charge is -2.22. The maximum atomic E-state index is 13.0. The number of carbonyl (C=O) groups excluding carboxylic acids is 2. The maximum absolute atomic E-state index is 13.0. The smallest absolute Gasteiger partial charge is 0.252 e. The van der Waals surface area contributed by atoms with Crippen LogP contribution in [0, 0.1) is 12.8 Å². The van der Waals surface area contributed by atoms with Gasteiger partial charge < -0.3 is 24.8 Å². The molecule has 10 heteroatoms. The largest absolute Gasteiger partial charge is 0.493 e. The highest BCUT2D eigenvalue weighted by Gasteiger charge is 2.26. The lowest BCUT2D eigenvalue weighted by Crippen LogP contribution is -2.47. The molecule has 0 fully saturated rings. The normalized spacial score (nSPS) is 11.9. The first-order valence-electron chi connectivity index (χ1n) is 10.4. The number of amides is 2. The van der Waals surface area contributed by atoms with E-state index in [0.29, 0.717) is 22.9 Å². The number of methoxy groups -OCH3 is 3. The molecule has 10 nitrogen and oxygen atoms in total. The van der Waals surface area contributed by atoms with Crippen LogP contribution in [0.5, 0.6) is 17.2 Å². The van der Waals surface area contributed by atoms with Gasteiger partial charge in [-0.25, -0.2) is 4.98 Å². The van der Waals surface area contributed by atoms with E-state index in [-0.39, 0.29) is 17.4 Å². The van der Waals surface area contributed by atoms with E-state index in [9.17, 15) is 9.59 Å². The van der Waals surface area contributed by atoms with Crippen molar-refractivity contribution in [1.29, 1.82) is 0 Å². The third-order valence-electron chi connectivity index (χ3n) is 5.29. The highest BCUT2D eigenvalue weighted by atomic mass is 16.5. The Balaban J connectivity index is 1.82. The van der Waals surface area contributed by atoms with E-state index in [2.05, 4.69) is 20.7 Å². The first-order chi connectivity index (χ1) is 15.7. The van der Waals surface area contributed by atoms with Gasteiger partial charge in [0.25, 0.3) is 5.91 Å². The topological polar surface area (TPSA) is 117 Å². The zero-order chi connectivity index (χ0) is 24.3. The Bertz CT molecular complexity index is 1160. The molecule has 2 amide bonds. The van der Waals surface area contributed by atoms with E-state index in [1.165, 1.54) is 33.5 Å². The summed E-state index contributed by atoms with van der Waals surface area (Å²) < 4.78 is 17.6. The fourth-order valence-corrected chi connectivity index (χ4v) is 3.57. The highest BCUT2D eigenvalue weighted by Crippen LogP contribution is 2.38. The van der Waals surface area contributed by atoms with E-state index in [1.807, 2.05) is 33.9 Å². The summed E-state index contributed by atoms with van der Waals surface area (Å²) in [6.07, 6.45) is 1.57. The molecule has 0 aliphatic heterocycles. The van der Waals surface area contributed by atoms with Gasteiger partial charge >= 0.3 is 0 Å². The van der Waals surface area contributed by atoms with E-state index in [4.69, 9.17) is 14.2 Å². The first kappa shape index (κ1) is 23.8. The zero-order valence-electron chi connectivity index (χ0n) is 19.8. The molecule has 3 rings (SSSR count). The molecule has 2 aromatic heterocycles. The van der Waals surface area contributed by atoms with Gasteiger partial charge in [-0.15, -0.1) is 0 Å². The van der Waals surface area contributed by atoms with Gasteiger partial charge in [-0.05, 0) is 31.0 Å². The molecule has 0 saturated carbocycles. The number of fused-ring (bicyclic) bond motifs is 1. The Morgan fingerprint density at radius 3 is 2.21 bits per heavy atom. The summed E-state index contributed by atoms with van der Waals surface area (Å²) in [6.45, 7) is 5.59. The van der Waals surface area contributed by atoms with Gasteiger partial charge in [0.1, 0.15) is 6.04 Å². The van der Waals surface area contributed by atoms with Crippen LogP contribution < -0.4 is 24.8 Å². The van der Waals surface area contributed by atoms with Crippen molar-refractivity contribution in [3.8, 4) is 17.2 Å². The van der Waals surface area contributed by atoms with Crippen LogP contribution in [0.3, 0.4) is 0 Å². The molecular formula is C23H29N5O5. The van der Waals surface area contributed by atoms with Crippen LogP contribution in [-0.2, 0) is 11.8 Å². The van der Waals surface area contributed by atoms with Crippen LogP contribution in [-0.4, -0.2) is 54.0 Å². The average Bonchev–Trinajstić information content (AvgIpc) is 3.08. The third kappa shape index (κ3) is 4.84. The van der Waals surface area contributed by atoms with Crippen LogP contribution in [0.2, 0.25) is 0 Å². The molecule has 2 N–H and O–H groups in total. The lowest BCUT2D eigenvalue weighted by atomic mass is 10.0. The molecule has 3 aromatic rings. The fourth-order valence-electron chi connectivity index (χ4n) is 3.57. The molecule has 0 spiro atoms. The second-order valence-corrected chi connectivity index (χ2v) is 7.90. The molecule has 0 bridgehead atoms. The second-order valence-electron chi connectivity index (χ2n) is 7.90. The number of nitrogens with zero attached hydrogens (tertiary/aromatic N) is 3. The van der Waals surface area contributed by atoms with Crippen molar-refractivity contribution in [2.24, 2.45) is 13.0 Å². The molecule has 0 aliphatic carbocycles. The van der Waals surface area contributed by atoms with Crippen molar-refractivity contribution in [1.82, 2.24) is 20.1 Å². The van der Waals surface area contributed by atoms with Crippen LogP contribution in [0.15, 0.2) is 24.4 Å². The lowest BCUT2D eigenvalue weighted by molar-refractivity contribution is -0.118. The van der Waals surface area contributed by atoms with E-state index in [0.717, 1.165) is 16.7 Å². The van der Waals surface area contributed by atoms with Gasteiger partial charge in [-0.1, -0.05) is 13.8 Å². The van der Waals surface area contributed by atoms with Gasteiger partial charge in [-0.2, -0.15) is 5.10 Å². The Labute approximate surface area is 192 Å². The minimum absolute atomic E-state index is 0.173. The van der Waals surface area contributed by atoms with Crippen molar-refractivity contribution >= 4 is 28.5 Å². The van der Waals surface area contributed by atoms with Crippen molar-refractivity contribution in [2.75, 3.05) is 26.6 Å². The number of rotatable bonds is 8. The summed E-state index contributed by atoms with van der Waals surface area (Å²) in [7, 11) is 6.24. The number of ether oxygens (including phenoxy) is 3. The third-order valence-corrected chi connectivity index (χ3v) is 5.29. The molecule has 0 saturated heterocycles. The number of anilines is 1. The zero-order valence-corrected chi connectivity index (χ0v) is 19.8. The monoisotopic (exact) mass is 455 g/mol. The Morgan fingerprint density at radius 1 is 1.03 bits per heavy atom. The average molecular weight is 456 g/mol. The molecular weight excluding hydrogens is 426 g/mol. The number of pyridine rings is 1. The predicted octanol–water partition coefficient (Wildman–Crippen LogP) is 2.70. The first-order valence-corrected chi connectivity index (χ1v) is 10.4. The van der Waals surface area contributed by atoms with E-state index >= 15 is 0 Å². The number of aromatic nitrogens is 3. The summed E-state index contributed by atoms with van der Waals surface area (Å²) in [4.78, 5) is 30.4. The minimum Gasteiger partial charge on any atom is -0.493 e. The summed E-state index contributed by atoms with van der Waals surface area (Å²) in [5.74, 6) is 0.0990. The summed E-state index contributed by atoms with van der Waals surface area (Å²) in [5, 5.41) is 10.8. The van der Waals surface area contributed by atoms with Gasteiger partial charge in [0, 0.05) is 18.0 Å². The molecule has 2 heterocycles. The molecule has 1 unspecified atom stereocenters. The Morgan fingerprint density at radius 2 is 1.67 bits per heavy atom. The number of hydrogen-bond acceptors (Lipinski definition) is 7. The highest BCUT2D eigenvalue weighted by molar-refractivity contribution is 6.02. The second kappa shape index (κ2) is 9.76. The van der Waals surface area contributed by atoms with Gasteiger partial charge in [0.05, 0.1) is 38.9 Å². The van der Waals surface area contributed by atoms with Gasteiger partial charge in [0.15, 0.2) is 17.1 Å². The standard InChI is InChI=1S/C23H29N5O5/c1-12(2)19(23(30)25-15-10-16-13(3)27-28(4)21(16)24-11-15)26-22(29)14-8-17(31-5)20(33-7)18(9-14)32-6/h8-12,19H,1-7H3,(H,25,30)(H,26,29). The fraction of sp³-hybridized carbons (Fsp3) is 0.391. The van der Waals surface area contributed by atoms with Crippen molar-refractivity contribution in [3.05, 3.63) is 35.7 Å². The summed E-state index contributed by atoms with van der Waals surface area (Å²) >= 11 is 0. The molecule has 0 radical (unpaired) electrons. The van der Waals surface area contributed by atoms with Crippen LogP contribution in [0.1, 0.15) is 29.9 Å². The number of carbonyl (C=O) groups is 2. The molecule has 33 heavy (non-hydrogen) atoms. The summed E-state index contributed by atoms with van der Waals surface area (Å²) in [6, 6.07) is 4.10. The quantitative estimate of drug-likeness (QED) is 0.536.